The van der Waals surface area contributed by atoms with E-state index in [2.05, 4.69) is 4.99 Å². The van der Waals surface area contributed by atoms with Gasteiger partial charge in [-0.15, -0.1) is 0 Å². The van der Waals surface area contributed by atoms with Crippen molar-refractivity contribution in [3.05, 3.63) is 53.2 Å². The summed E-state index contributed by atoms with van der Waals surface area (Å²) in [7, 11) is 6.20. The molecule has 0 aromatic heterocycles. The molecule has 0 spiro atoms. The van der Waals surface area contributed by atoms with Crippen LogP contribution >= 0.6 is 0 Å². The average Bonchev–Trinajstić information content (AvgIpc) is 3.07. The fourth-order valence-corrected chi connectivity index (χ4v) is 2.60. The van der Waals surface area contributed by atoms with Gasteiger partial charge >= 0.3 is 5.97 Å². The Balaban J connectivity index is 1.98. The number of nitrogens with zero attached hydrogens (tertiary/aromatic N) is 1. The highest BCUT2D eigenvalue weighted by Crippen LogP contribution is 2.31. The number of aliphatic imine (C=N–C) groups is 1. The van der Waals surface area contributed by atoms with Crippen molar-refractivity contribution < 1.29 is 28.5 Å². The van der Waals surface area contributed by atoms with Gasteiger partial charge in [0.25, 0.3) is 0 Å². The van der Waals surface area contributed by atoms with Crippen molar-refractivity contribution in [2.24, 2.45) is 4.99 Å². The van der Waals surface area contributed by atoms with Crippen LogP contribution in [0.25, 0.3) is 6.08 Å². The maximum atomic E-state index is 12.3. The third-order valence-electron chi connectivity index (χ3n) is 3.98. The van der Waals surface area contributed by atoms with Gasteiger partial charge < -0.3 is 23.7 Å². The van der Waals surface area contributed by atoms with E-state index in [9.17, 15) is 4.79 Å². The molecule has 0 atom stereocenters. The maximum Gasteiger partial charge on any atom is 0.363 e. The van der Waals surface area contributed by atoms with Crippen LogP contribution in [-0.4, -0.2) is 40.3 Å². The number of cyclic esters (lactones) is 1. The number of methoxy groups -OCH3 is 4. The molecule has 1 heterocycles. The van der Waals surface area contributed by atoms with Gasteiger partial charge in [-0.1, -0.05) is 0 Å². The molecule has 0 bridgehead atoms. The lowest BCUT2D eigenvalue weighted by molar-refractivity contribution is -0.129. The Labute approximate surface area is 156 Å². The summed E-state index contributed by atoms with van der Waals surface area (Å²) in [5.41, 5.74) is 1.41. The van der Waals surface area contributed by atoms with Crippen molar-refractivity contribution in [2.75, 3.05) is 28.4 Å². The quantitative estimate of drug-likeness (QED) is 0.575. The maximum absolute atomic E-state index is 12.3. The molecule has 0 N–H and O–H groups in total. The summed E-state index contributed by atoms with van der Waals surface area (Å²) in [6.07, 6.45) is 1.59. The summed E-state index contributed by atoms with van der Waals surface area (Å²) in [6.45, 7) is 0. The molecule has 2 aromatic rings. The summed E-state index contributed by atoms with van der Waals surface area (Å²) in [5.74, 6) is 1.95. The van der Waals surface area contributed by atoms with Gasteiger partial charge in [-0.25, -0.2) is 9.79 Å². The largest absolute Gasteiger partial charge is 0.497 e. The van der Waals surface area contributed by atoms with Gasteiger partial charge in [0.15, 0.2) is 17.2 Å². The van der Waals surface area contributed by atoms with Crippen molar-refractivity contribution in [1.82, 2.24) is 0 Å². The van der Waals surface area contributed by atoms with Crippen LogP contribution in [0.5, 0.6) is 23.0 Å². The van der Waals surface area contributed by atoms with E-state index >= 15 is 0 Å². The van der Waals surface area contributed by atoms with Crippen LogP contribution < -0.4 is 18.9 Å². The number of hydrogen-bond acceptors (Lipinski definition) is 7. The summed E-state index contributed by atoms with van der Waals surface area (Å²) >= 11 is 0. The molecule has 0 radical (unpaired) electrons. The molecule has 7 heteroatoms. The summed E-state index contributed by atoms with van der Waals surface area (Å²) in [5, 5.41) is 0. The number of hydrogen-bond donors (Lipinski definition) is 0. The highest BCUT2D eigenvalue weighted by molar-refractivity contribution is 6.13. The van der Waals surface area contributed by atoms with Crippen LogP contribution in [0, 0.1) is 0 Å². The molecule has 0 unspecified atom stereocenters. The first kappa shape index (κ1) is 18.3. The van der Waals surface area contributed by atoms with Gasteiger partial charge in [0, 0.05) is 11.1 Å². The van der Waals surface area contributed by atoms with Crippen molar-refractivity contribution in [3.8, 4) is 23.0 Å². The molecule has 0 aliphatic carbocycles. The first-order valence-corrected chi connectivity index (χ1v) is 8.06. The summed E-state index contributed by atoms with van der Waals surface area (Å²) in [4.78, 5) is 16.6. The zero-order valence-corrected chi connectivity index (χ0v) is 15.4. The third-order valence-corrected chi connectivity index (χ3v) is 3.98. The van der Waals surface area contributed by atoms with E-state index in [1.807, 2.05) is 0 Å². The number of benzene rings is 2. The SMILES string of the molecule is COc1ccc(OC)c(/C=C2\N=C(c3ccc(OC)c(OC)c3)OC2=O)c1. The molecule has 2 aromatic carbocycles. The summed E-state index contributed by atoms with van der Waals surface area (Å²) < 4.78 is 26.3. The lowest BCUT2D eigenvalue weighted by Crippen LogP contribution is -2.06. The highest BCUT2D eigenvalue weighted by Gasteiger charge is 2.25. The molecule has 27 heavy (non-hydrogen) atoms. The highest BCUT2D eigenvalue weighted by atomic mass is 16.6. The fourth-order valence-electron chi connectivity index (χ4n) is 2.60. The smallest absolute Gasteiger partial charge is 0.363 e. The van der Waals surface area contributed by atoms with Gasteiger partial charge in [-0.2, -0.15) is 0 Å². The molecule has 3 rings (SSSR count). The van der Waals surface area contributed by atoms with Crippen LogP contribution in [0.2, 0.25) is 0 Å². The zero-order valence-electron chi connectivity index (χ0n) is 15.4. The normalized spacial score (nSPS) is 14.6. The molecule has 140 valence electrons. The number of carbonyl (C=O) groups excluding carboxylic acids is 1. The van der Waals surface area contributed by atoms with E-state index in [-0.39, 0.29) is 11.6 Å². The molecule has 1 aliphatic heterocycles. The van der Waals surface area contributed by atoms with E-state index in [0.29, 0.717) is 34.1 Å². The molecule has 0 saturated heterocycles. The van der Waals surface area contributed by atoms with Gasteiger partial charge in [0.05, 0.1) is 28.4 Å². The second-order valence-corrected chi connectivity index (χ2v) is 5.51. The minimum absolute atomic E-state index is 0.159. The van der Waals surface area contributed by atoms with Crippen molar-refractivity contribution >= 4 is 17.9 Å². The number of ether oxygens (including phenoxy) is 5. The lowest BCUT2D eigenvalue weighted by Gasteiger charge is -2.08. The third kappa shape index (κ3) is 3.72. The van der Waals surface area contributed by atoms with E-state index < -0.39 is 5.97 Å². The van der Waals surface area contributed by atoms with E-state index in [0.717, 1.165) is 0 Å². The standard InChI is InChI=1S/C20H19NO6/c1-23-14-6-8-16(24-2)13(9-14)10-15-20(22)27-19(21-15)12-5-7-17(25-3)18(11-12)26-4/h5-11H,1-4H3/b15-10-. The van der Waals surface area contributed by atoms with Crippen molar-refractivity contribution in [3.63, 3.8) is 0 Å². The van der Waals surface area contributed by atoms with Crippen LogP contribution in [0.3, 0.4) is 0 Å². The van der Waals surface area contributed by atoms with Gasteiger partial charge in [0.2, 0.25) is 5.90 Å². The van der Waals surface area contributed by atoms with Crippen molar-refractivity contribution in [1.29, 1.82) is 0 Å². The van der Waals surface area contributed by atoms with Crippen molar-refractivity contribution in [2.45, 2.75) is 0 Å². The van der Waals surface area contributed by atoms with Gasteiger partial charge in [-0.3, -0.25) is 0 Å². The molecule has 0 saturated carbocycles. The lowest BCUT2D eigenvalue weighted by atomic mass is 10.1. The molecular weight excluding hydrogens is 350 g/mol. The molecule has 7 nitrogen and oxygen atoms in total. The Morgan fingerprint density at radius 1 is 0.852 bits per heavy atom. The first-order chi connectivity index (χ1) is 13.1. The minimum atomic E-state index is -0.551. The Kier molecular flexibility index (Phi) is 5.30. The Bertz CT molecular complexity index is 932. The Hall–Kier alpha value is -3.48. The second-order valence-electron chi connectivity index (χ2n) is 5.51. The molecule has 1 aliphatic rings. The van der Waals surface area contributed by atoms with Crippen LogP contribution in [0.1, 0.15) is 11.1 Å². The van der Waals surface area contributed by atoms with Crippen LogP contribution in [-0.2, 0) is 9.53 Å². The summed E-state index contributed by atoms with van der Waals surface area (Å²) in [6, 6.07) is 10.4. The Morgan fingerprint density at radius 2 is 1.56 bits per heavy atom. The Morgan fingerprint density at radius 3 is 2.22 bits per heavy atom. The predicted octanol–water partition coefficient (Wildman–Crippen LogP) is 3.07. The minimum Gasteiger partial charge on any atom is -0.497 e. The number of esters is 1. The molecular formula is C20H19NO6. The monoisotopic (exact) mass is 369 g/mol. The van der Waals surface area contributed by atoms with E-state index in [4.69, 9.17) is 23.7 Å². The first-order valence-electron chi connectivity index (χ1n) is 8.06. The predicted molar refractivity (Wildman–Crippen MR) is 99.7 cm³/mol. The zero-order chi connectivity index (χ0) is 19.4. The average molecular weight is 369 g/mol. The fraction of sp³-hybridized carbons (Fsp3) is 0.200. The van der Waals surface area contributed by atoms with E-state index in [1.165, 1.54) is 7.11 Å². The van der Waals surface area contributed by atoms with Crippen LogP contribution in [0.4, 0.5) is 0 Å². The van der Waals surface area contributed by atoms with E-state index in [1.54, 1.807) is 63.8 Å². The van der Waals surface area contributed by atoms with Crippen LogP contribution in [0.15, 0.2) is 47.1 Å². The second kappa shape index (κ2) is 7.82. The number of carbonyl (C=O) groups is 1. The number of rotatable bonds is 6. The van der Waals surface area contributed by atoms with Gasteiger partial charge in [0.1, 0.15) is 11.5 Å². The molecule has 0 amide bonds. The van der Waals surface area contributed by atoms with Gasteiger partial charge in [-0.05, 0) is 42.5 Å². The topological polar surface area (TPSA) is 75.6 Å². The molecule has 0 fully saturated rings.